The van der Waals surface area contributed by atoms with Crippen LogP contribution in [-0.4, -0.2) is 79.3 Å². The first-order valence-electron chi connectivity index (χ1n) is 14.0. The molecule has 0 bridgehead atoms. The maximum absolute atomic E-state index is 13.4. The standard InChI is InChI=1S/C30H39N7O3/c1-4-25-26(29(38)31-16-17-36(5-2)6-3)34-27(35-28(25)37-18-20-40-21-19-37)22-12-14-24(15-13-22)33-30(39)32-23-10-8-7-9-11-23/h7-15H,4-6,16-21H2,1-3H3,(H,31,38)(H2,32,33,39). The van der Waals surface area contributed by atoms with Gasteiger partial charge in [-0.2, -0.15) is 0 Å². The van der Waals surface area contributed by atoms with Gasteiger partial charge in [-0.25, -0.2) is 14.8 Å². The van der Waals surface area contributed by atoms with Crippen LogP contribution in [0.1, 0.15) is 36.8 Å². The summed E-state index contributed by atoms with van der Waals surface area (Å²) >= 11 is 0. The van der Waals surface area contributed by atoms with Crippen LogP contribution in [0.5, 0.6) is 0 Å². The van der Waals surface area contributed by atoms with Gasteiger partial charge in [0.15, 0.2) is 5.82 Å². The van der Waals surface area contributed by atoms with Crippen LogP contribution < -0.4 is 20.9 Å². The number of rotatable bonds is 11. The van der Waals surface area contributed by atoms with Gasteiger partial charge in [0.1, 0.15) is 11.5 Å². The highest BCUT2D eigenvalue weighted by atomic mass is 16.5. The molecule has 1 fully saturated rings. The van der Waals surface area contributed by atoms with E-state index in [4.69, 9.17) is 14.7 Å². The summed E-state index contributed by atoms with van der Waals surface area (Å²) in [6.07, 6.45) is 0.630. The van der Waals surface area contributed by atoms with Crippen LogP contribution in [0.15, 0.2) is 54.6 Å². The summed E-state index contributed by atoms with van der Waals surface area (Å²) < 4.78 is 5.56. The van der Waals surface area contributed by atoms with Crippen molar-refractivity contribution in [1.82, 2.24) is 20.2 Å². The lowest BCUT2D eigenvalue weighted by Gasteiger charge is -2.30. The van der Waals surface area contributed by atoms with Crippen LogP contribution >= 0.6 is 0 Å². The lowest BCUT2D eigenvalue weighted by atomic mass is 10.1. The molecule has 1 saturated heterocycles. The van der Waals surface area contributed by atoms with Crippen molar-refractivity contribution in [3.63, 3.8) is 0 Å². The molecule has 0 unspecified atom stereocenters. The maximum atomic E-state index is 13.4. The van der Waals surface area contributed by atoms with E-state index in [2.05, 4.69) is 39.6 Å². The molecule has 0 radical (unpaired) electrons. The average molecular weight is 546 g/mol. The summed E-state index contributed by atoms with van der Waals surface area (Å²) in [6.45, 7) is 12.1. The van der Waals surface area contributed by atoms with Crippen molar-refractivity contribution in [2.75, 3.05) is 68.0 Å². The van der Waals surface area contributed by atoms with Gasteiger partial charge in [0.25, 0.3) is 5.91 Å². The third-order valence-corrected chi connectivity index (χ3v) is 6.91. The largest absolute Gasteiger partial charge is 0.378 e. The Balaban J connectivity index is 1.57. The summed E-state index contributed by atoms with van der Waals surface area (Å²) in [7, 11) is 0. The van der Waals surface area contributed by atoms with E-state index in [-0.39, 0.29) is 11.9 Å². The minimum absolute atomic E-state index is 0.196. The van der Waals surface area contributed by atoms with Crippen LogP contribution in [0.2, 0.25) is 0 Å². The number of hydrogen-bond donors (Lipinski definition) is 3. The Morgan fingerprint density at radius 2 is 1.55 bits per heavy atom. The average Bonchev–Trinajstić information content (AvgIpc) is 3.00. The van der Waals surface area contributed by atoms with Crippen molar-refractivity contribution in [2.45, 2.75) is 27.2 Å². The number of likely N-dealkylation sites (N-methyl/N-ethyl adjacent to an activating group) is 1. The molecule has 1 aromatic heterocycles. The van der Waals surface area contributed by atoms with E-state index in [1.165, 1.54) is 0 Å². The van der Waals surface area contributed by atoms with Crippen LogP contribution in [0.4, 0.5) is 22.0 Å². The molecular weight excluding hydrogens is 506 g/mol. The number of carbonyl (C=O) groups is 2. The third kappa shape index (κ3) is 7.55. The Morgan fingerprint density at radius 3 is 2.17 bits per heavy atom. The van der Waals surface area contributed by atoms with Gasteiger partial charge in [-0.1, -0.05) is 39.0 Å². The van der Waals surface area contributed by atoms with Crippen LogP contribution in [0.3, 0.4) is 0 Å². The van der Waals surface area contributed by atoms with Gasteiger partial charge >= 0.3 is 6.03 Å². The molecule has 3 amide bonds. The van der Waals surface area contributed by atoms with Gasteiger partial charge < -0.3 is 30.5 Å². The SMILES string of the molecule is CCc1c(C(=O)NCCN(CC)CC)nc(-c2ccc(NC(=O)Nc3ccccc3)cc2)nc1N1CCOCC1. The van der Waals surface area contributed by atoms with E-state index in [0.717, 1.165) is 36.6 Å². The summed E-state index contributed by atoms with van der Waals surface area (Å²) in [4.78, 5) is 39.9. The zero-order valence-electron chi connectivity index (χ0n) is 23.6. The van der Waals surface area contributed by atoms with Crippen LogP contribution in [0.25, 0.3) is 11.4 Å². The number of amides is 3. The van der Waals surface area contributed by atoms with Gasteiger partial charge in [-0.3, -0.25) is 4.79 Å². The molecule has 0 atom stereocenters. The summed E-state index contributed by atoms with van der Waals surface area (Å²) in [5, 5.41) is 8.71. The van der Waals surface area contributed by atoms with E-state index < -0.39 is 0 Å². The first-order chi connectivity index (χ1) is 19.5. The number of nitrogens with zero attached hydrogens (tertiary/aromatic N) is 4. The molecule has 10 heteroatoms. The Bertz CT molecular complexity index is 1260. The van der Waals surface area contributed by atoms with Crippen molar-refractivity contribution < 1.29 is 14.3 Å². The van der Waals surface area contributed by atoms with Gasteiger partial charge in [0.05, 0.1) is 13.2 Å². The smallest absolute Gasteiger partial charge is 0.323 e. The number of benzene rings is 2. The van der Waals surface area contributed by atoms with Crippen molar-refractivity contribution >= 4 is 29.1 Å². The highest BCUT2D eigenvalue weighted by Gasteiger charge is 2.24. The number of ether oxygens (including phenoxy) is 1. The second kappa shape index (κ2) is 14.4. The highest BCUT2D eigenvalue weighted by molar-refractivity contribution is 6.00. The number of aromatic nitrogens is 2. The molecule has 0 aliphatic carbocycles. The normalized spacial score (nSPS) is 13.2. The molecule has 2 aromatic carbocycles. The summed E-state index contributed by atoms with van der Waals surface area (Å²) in [5.41, 5.74) is 3.33. The molecule has 4 rings (SSSR count). The Hall–Kier alpha value is -4.02. The molecule has 1 aliphatic heterocycles. The molecule has 3 N–H and O–H groups in total. The molecular formula is C30H39N7O3. The van der Waals surface area contributed by atoms with Crippen molar-refractivity contribution in [2.24, 2.45) is 0 Å². The molecule has 3 aromatic rings. The highest BCUT2D eigenvalue weighted by Crippen LogP contribution is 2.27. The number of nitrogens with one attached hydrogen (secondary N) is 3. The van der Waals surface area contributed by atoms with Gasteiger partial charge in [-0.15, -0.1) is 0 Å². The fourth-order valence-electron chi connectivity index (χ4n) is 4.62. The fourth-order valence-corrected chi connectivity index (χ4v) is 4.62. The second-order valence-electron chi connectivity index (χ2n) is 9.46. The Labute approximate surface area is 236 Å². The molecule has 0 saturated carbocycles. The predicted octanol–water partition coefficient (Wildman–Crippen LogP) is 4.26. The quantitative estimate of drug-likeness (QED) is 0.330. The van der Waals surface area contributed by atoms with E-state index in [9.17, 15) is 9.59 Å². The number of para-hydroxylation sites is 1. The second-order valence-corrected chi connectivity index (χ2v) is 9.46. The topological polar surface area (TPSA) is 112 Å². The van der Waals surface area contributed by atoms with E-state index in [0.29, 0.717) is 62.2 Å². The first kappa shape index (κ1) is 29.0. The summed E-state index contributed by atoms with van der Waals surface area (Å²) in [5.74, 6) is 1.04. The van der Waals surface area contributed by atoms with E-state index >= 15 is 0 Å². The van der Waals surface area contributed by atoms with Crippen molar-refractivity contribution in [1.29, 1.82) is 0 Å². The third-order valence-electron chi connectivity index (χ3n) is 6.91. The predicted molar refractivity (Wildman–Crippen MR) is 159 cm³/mol. The molecule has 212 valence electrons. The maximum Gasteiger partial charge on any atom is 0.323 e. The van der Waals surface area contributed by atoms with Gasteiger partial charge in [0.2, 0.25) is 0 Å². The zero-order chi connectivity index (χ0) is 28.3. The lowest BCUT2D eigenvalue weighted by molar-refractivity contribution is 0.0942. The number of hydrogen-bond acceptors (Lipinski definition) is 7. The number of morpholine rings is 1. The molecule has 40 heavy (non-hydrogen) atoms. The zero-order valence-corrected chi connectivity index (χ0v) is 23.6. The van der Waals surface area contributed by atoms with Crippen molar-refractivity contribution in [3.05, 3.63) is 65.9 Å². The van der Waals surface area contributed by atoms with Crippen LogP contribution in [-0.2, 0) is 11.2 Å². The van der Waals surface area contributed by atoms with Crippen LogP contribution in [0, 0.1) is 0 Å². The minimum atomic E-state index is -0.333. The monoisotopic (exact) mass is 545 g/mol. The van der Waals surface area contributed by atoms with Gasteiger partial charge in [0, 0.05) is 48.7 Å². The number of urea groups is 1. The van der Waals surface area contributed by atoms with Gasteiger partial charge in [-0.05, 0) is 55.9 Å². The van der Waals surface area contributed by atoms with Crippen molar-refractivity contribution in [3.8, 4) is 11.4 Å². The van der Waals surface area contributed by atoms with E-state index in [1.807, 2.05) is 49.4 Å². The number of carbonyl (C=O) groups excluding carboxylic acids is 2. The fraction of sp³-hybridized carbons (Fsp3) is 0.400. The number of anilines is 3. The Kier molecular flexibility index (Phi) is 10.4. The molecule has 10 nitrogen and oxygen atoms in total. The lowest BCUT2D eigenvalue weighted by Crippen LogP contribution is -2.39. The molecule has 1 aliphatic rings. The minimum Gasteiger partial charge on any atom is -0.378 e. The first-order valence-corrected chi connectivity index (χ1v) is 14.0. The Morgan fingerprint density at radius 1 is 0.900 bits per heavy atom. The molecule has 2 heterocycles. The van der Waals surface area contributed by atoms with E-state index in [1.54, 1.807) is 12.1 Å². The molecule has 0 spiro atoms. The summed E-state index contributed by atoms with van der Waals surface area (Å²) in [6, 6.07) is 16.2.